The van der Waals surface area contributed by atoms with Gasteiger partial charge in [-0.3, -0.25) is 4.79 Å². The van der Waals surface area contributed by atoms with Gasteiger partial charge < -0.3 is 19.5 Å². The van der Waals surface area contributed by atoms with Crippen LogP contribution in [0.3, 0.4) is 0 Å². The van der Waals surface area contributed by atoms with Crippen LogP contribution >= 0.6 is 0 Å². The van der Waals surface area contributed by atoms with Crippen molar-refractivity contribution in [2.24, 2.45) is 0 Å². The van der Waals surface area contributed by atoms with Crippen molar-refractivity contribution in [2.45, 2.75) is 23.8 Å². The third-order valence-corrected chi connectivity index (χ3v) is 5.50. The molecular weight excluding hydrogens is 364 g/mol. The molecule has 0 saturated carbocycles. The number of piperazine rings is 1. The summed E-state index contributed by atoms with van der Waals surface area (Å²) in [5, 5.41) is 10.2. The fraction of sp³-hybridized carbons (Fsp3) is 0.350. The summed E-state index contributed by atoms with van der Waals surface area (Å²) >= 11 is -1.97. The van der Waals surface area contributed by atoms with E-state index >= 15 is 0 Å². The number of anilines is 1. The van der Waals surface area contributed by atoms with E-state index in [1.165, 1.54) is 0 Å². The SMILES string of the molecule is O=C([C@H](O)CCc1ccccc1)N1CCN(c2ccc(S(=O)O)cc2)CC1. The van der Waals surface area contributed by atoms with Crippen LogP contribution in [0.2, 0.25) is 0 Å². The minimum Gasteiger partial charge on any atom is -0.383 e. The minimum atomic E-state index is -1.97. The lowest BCUT2D eigenvalue weighted by atomic mass is 10.1. The largest absolute Gasteiger partial charge is 0.383 e. The van der Waals surface area contributed by atoms with E-state index in [0.29, 0.717) is 43.9 Å². The number of benzene rings is 2. The highest BCUT2D eigenvalue weighted by atomic mass is 32.2. The average molecular weight is 388 g/mol. The van der Waals surface area contributed by atoms with Crippen molar-refractivity contribution in [1.82, 2.24) is 4.90 Å². The number of hydrogen-bond acceptors (Lipinski definition) is 4. The first-order valence-electron chi connectivity index (χ1n) is 9.01. The summed E-state index contributed by atoms with van der Waals surface area (Å²) in [4.78, 5) is 16.7. The van der Waals surface area contributed by atoms with E-state index < -0.39 is 17.2 Å². The van der Waals surface area contributed by atoms with Crippen molar-refractivity contribution in [2.75, 3.05) is 31.1 Å². The number of aliphatic hydroxyl groups excluding tert-OH is 1. The van der Waals surface area contributed by atoms with E-state index in [4.69, 9.17) is 4.55 Å². The Hall–Kier alpha value is -2.22. The van der Waals surface area contributed by atoms with Crippen molar-refractivity contribution >= 4 is 22.7 Å². The molecule has 2 aromatic carbocycles. The summed E-state index contributed by atoms with van der Waals surface area (Å²) in [6.07, 6.45) is 0.116. The number of aliphatic hydroxyl groups is 1. The van der Waals surface area contributed by atoms with Crippen molar-refractivity contribution in [3.8, 4) is 0 Å². The highest BCUT2D eigenvalue weighted by molar-refractivity contribution is 7.79. The van der Waals surface area contributed by atoms with Gasteiger partial charge in [-0.25, -0.2) is 4.21 Å². The molecule has 0 spiro atoms. The maximum atomic E-state index is 12.5. The molecule has 2 atom stereocenters. The van der Waals surface area contributed by atoms with Gasteiger partial charge in [-0.2, -0.15) is 0 Å². The van der Waals surface area contributed by atoms with Crippen molar-refractivity contribution in [3.05, 3.63) is 60.2 Å². The highest BCUT2D eigenvalue weighted by Crippen LogP contribution is 2.19. The van der Waals surface area contributed by atoms with E-state index in [9.17, 15) is 14.1 Å². The Morgan fingerprint density at radius 3 is 2.22 bits per heavy atom. The van der Waals surface area contributed by atoms with E-state index in [1.54, 1.807) is 17.0 Å². The molecule has 1 aliphatic heterocycles. The average Bonchev–Trinajstić information content (AvgIpc) is 2.72. The molecule has 144 valence electrons. The molecule has 1 saturated heterocycles. The first-order chi connectivity index (χ1) is 13.0. The van der Waals surface area contributed by atoms with Crippen molar-refractivity contribution in [1.29, 1.82) is 0 Å². The molecule has 3 rings (SSSR count). The fourth-order valence-electron chi connectivity index (χ4n) is 3.24. The van der Waals surface area contributed by atoms with Gasteiger partial charge in [0.25, 0.3) is 5.91 Å². The Bertz CT molecular complexity index is 774. The van der Waals surface area contributed by atoms with Gasteiger partial charge in [0, 0.05) is 31.9 Å². The van der Waals surface area contributed by atoms with Gasteiger partial charge in [0.15, 0.2) is 11.1 Å². The van der Waals surface area contributed by atoms with Crippen LogP contribution < -0.4 is 4.90 Å². The molecule has 0 radical (unpaired) electrons. The van der Waals surface area contributed by atoms with Crippen LogP contribution in [0, 0.1) is 0 Å². The number of amides is 1. The second kappa shape index (κ2) is 9.12. The lowest BCUT2D eigenvalue weighted by molar-refractivity contribution is -0.140. The topological polar surface area (TPSA) is 81.1 Å². The molecule has 1 heterocycles. The molecule has 2 N–H and O–H groups in total. The third-order valence-electron chi connectivity index (χ3n) is 4.83. The van der Waals surface area contributed by atoms with Gasteiger partial charge in [-0.1, -0.05) is 30.3 Å². The van der Waals surface area contributed by atoms with E-state index in [2.05, 4.69) is 4.90 Å². The zero-order valence-electron chi connectivity index (χ0n) is 15.0. The molecule has 0 aliphatic carbocycles. The number of aryl methyl sites for hydroxylation is 1. The number of rotatable bonds is 6. The summed E-state index contributed by atoms with van der Waals surface area (Å²) in [6.45, 7) is 2.43. The predicted octanol–water partition coefficient (Wildman–Crippen LogP) is 1.91. The van der Waals surface area contributed by atoms with Crippen LogP contribution in [0.25, 0.3) is 0 Å². The lowest BCUT2D eigenvalue weighted by Gasteiger charge is -2.37. The van der Waals surface area contributed by atoms with Crippen molar-refractivity contribution < 1.29 is 18.7 Å². The molecular formula is C20H24N2O4S. The summed E-state index contributed by atoms with van der Waals surface area (Å²) in [7, 11) is 0. The van der Waals surface area contributed by atoms with Gasteiger partial charge in [0.05, 0.1) is 4.90 Å². The summed E-state index contributed by atoms with van der Waals surface area (Å²) in [6, 6.07) is 16.7. The molecule has 1 aliphatic rings. The monoisotopic (exact) mass is 388 g/mol. The number of carbonyl (C=O) groups is 1. The Labute approximate surface area is 161 Å². The maximum absolute atomic E-state index is 12.5. The molecule has 27 heavy (non-hydrogen) atoms. The molecule has 2 aromatic rings. The maximum Gasteiger partial charge on any atom is 0.251 e. The zero-order valence-corrected chi connectivity index (χ0v) is 15.8. The predicted molar refractivity (Wildman–Crippen MR) is 105 cm³/mol. The van der Waals surface area contributed by atoms with E-state index in [1.807, 2.05) is 42.5 Å². The number of nitrogens with zero attached hydrogens (tertiary/aromatic N) is 2. The van der Waals surface area contributed by atoms with Crippen molar-refractivity contribution in [3.63, 3.8) is 0 Å². The molecule has 6 nitrogen and oxygen atoms in total. The molecule has 0 aromatic heterocycles. The Morgan fingerprint density at radius 2 is 1.63 bits per heavy atom. The Balaban J connectivity index is 1.49. The highest BCUT2D eigenvalue weighted by Gasteiger charge is 2.26. The van der Waals surface area contributed by atoms with Gasteiger partial charge >= 0.3 is 0 Å². The summed E-state index contributed by atoms with van der Waals surface area (Å²) < 4.78 is 20.1. The smallest absolute Gasteiger partial charge is 0.251 e. The second-order valence-electron chi connectivity index (χ2n) is 6.60. The Morgan fingerprint density at radius 1 is 1.00 bits per heavy atom. The van der Waals surface area contributed by atoms with E-state index in [0.717, 1.165) is 11.3 Å². The van der Waals surface area contributed by atoms with Gasteiger partial charge in [0.1, 0.15) is 6.10 Å². The van der Waals surface area contributed by atoms with Gasteiger partial charge in [0.2, 0.25) is 0 Å². The normalized spacial score (nSPS) is 16.8. The first-order valence-corrected chi connectivity index (χ1v) is 10.1. The first kappa shape index (κ1) is 19.5. The molecule has 0 bridgehead atoms. The number of carbonyl (C=O) groups excluding carboxylic acids is 1. The molecule has 1 unspecified atom stereocenters. The standard InChI is InChI=1S/C20H24N2O4S/c23-19(11-6-16-4-2-1-3-5-16)20(24)22-14-12-21(13-15-22)17-7-9-18(10-8-17)27(25)26/h1-5,7-10,19,23H,6,11-15H2,(H,25,26)/t19-/m1/s1. The zero-order chi connectivity index (χ0) is 19.2. The second-order valence-corrected chi connectivity index (χ2v) is 7.57. The van der Waals surface area contributed by atoms with Crippen LogP contribution in [0.15, 0.2) is 59.5 Å². The lowest BCUT2D eigenvalue weighted by Crippen LogP contribution is -2.51. The molecule has 1 fully saturated rings. The summed E-state index contributed by atoms with van der Waals surface area (Å²) in [5.41, 5.74) is 2.07. The summed E-state index contributed by atoms with van der Waals surface area (Å²) in [5.74, 6) is -0.211. The van der Waals surface area contributed by atoms with Gasteiger partial charge in [-0.05, 0) is 42.7 Å². The third kappa shape index (κ3) is 5.15. The van der Waals surface area contributed by atoms with Gasteiger partial charge in [-0.15, -0.1) is 0 Å². The molecule has 1 amide bonds. The fourth-order valence-corrected chi connectivity index (χ4v) is 3.61. The van der Waals surface area contributed by atoms with Crippen LogP contribution in [0.4, 0.5) is 5.69 Å². The van der Waals surface area contributed by atoms with Crippen LogP contribution in [-0.2, 0) is 22.3 Å². The number of hydrogen-bond donors (Lipinski definition) is 2. The van der Waals surface area contributed by atoms with Crippen LogP contribution in [-0.4, -0.2) is 57.0 Å². The Kier molecular flexibility index (Phi) is 6.60. The van der Waals surface area contributed by atoms with Crippen LogP contribution in [0.1, 0.15) is 12.0 Å². The van der Waals surface area contributed by atoms with Crippen LogP contribution in [0.5, 0.6) is 0 Å². The molecule has 7 heteroatoms. The minimum absolute atomic E-state index is 0.211. The quantitative estimate of drug-likeness (QED) is 0.739. The van der Waals surface area contributed by atoms with E-state index in [-0.39, 0.29) is 5.91 Å².